The van der Waals surface area contributed by atoms with Gasteiger partial charge in [0.2, 0.25) is 5.91 Å². The van der Waals surface area contributed by atoms with Gasteiger partial charge in [-0.2, -0.15) is 0 Å². The Labute approximate surface area is 113 Å². The molecule has 0 bridgehead atoms. The number of aryl methyl sites for hydroxylation is 1. The molecule has 5 nitrogen and oxygen atoms in total. The minimum atomic E-state index is 0.143. The summed E-state index contributed by atoms with van der Waals surface area (Å²) in [5, 5.41) is 0. The molecule has 1 N–H and O–H groups in total. The third-order valence-corrected chi connectivity index (χ3v) is 4.14. The predicted octanol–water partition coefficient (Wildman–Crippen LogP) is 1.81. The van der Waals surface area contributed by atoms with E-state index in [0.717, 1.165) is 57.0 Å². The zero-order valence-electron chi connectivity index (χ0n) is 11.4. The van der Waals surface area contributed by atoms with Gasteiger partial charge in [-0.25, -0.2) is 4.98 Å². The quantitative estimate of drug-likeness (QED) is 0.885. The Balaban J connectivity index is 1.73. The average molecular weight is 263 g/mol. The van der Waals surface area contributed by atoms with Crippen molar-refractivity contribution < 1.29 is 9.53 Å². The van der Waals surface area contributed by atoms with Crippen molar-refractivity contribution in [2.24, 2.45) is 5.92 Å². The van der Waals surface area contributed by atoms with Crippen LogP contribution < -0.4 is 0 Å². The van der Waals surface area contributed by atoms with Gasteiger partial charge in [0, 0.05) is 37.6 Å². The number of carbonyl (C=O) groups is 1. The van der Waals surface area contributed by atoms with Crippen molar-refractivity contribution in [3.8, 4) is 0 Å². The highest BCUT2D eigenvalue weighted by Crippen LogP contribution is 2.32. The second-order valence-electron chi connectivity index (χ2n) is 5.53. The van der Waals surface area contributed by atoms with Gasteiger partial charge in [-0.1, -0.05) is 0 Å². The van der Waals surface area contributed by atoms with E-state index < -0.39 is 0 Å². The summed E-state index contributed by atoms with van der Waals surface area (Å²) >= 11 is 0. The van der Waals surface area contributed by atoms with Crippen LogP contribution in [0.15, 0.2) is 6.20 Å². The molecule has 5 heteroatoms. The van der Waals surface area contributed by atoms with Crippen LogP contribution >= 0.6 is 0 Å². The number of nitrogens with one attached hydrogen (secondary N) is 1. The minimum absolute atomic E-state index is 0.143. The van der Waals surface area contributed by atoms with E-state index in [9.17, 15) is 4.79 Å². The lowest BCUT2D eigenvalue weighted by molar-refractivity contribution is -0.139. The number of carbonyl (C=O) groups excluding carboxylic acids is 1. The van der Waals surface area contributed by atoms with Gasteiger partial charge < -0.3 is 14.6 Å². The summed E-state index contributed by atoms with van der Waals surface area (Å²) in [5.74, 6) is 1.38. The maximum Gasteiger partial charge on any atom is 0.226 e. The fourth-order valence-corrected chi connectivity index (χ4v) is 3.10. The summed E-state index contributed by atoms with van der Waals surface area (Å²) in [4.78, 5) is 22.3. The van der Waals surface area contributed by atoms with Crippen molar-refractivity contribution in [1.29, 1.82) is 0 Å². The molecular formula is C14H21N3O2. The Morgan fingerprint density at radius 2 is 2.21 bits per heavy atom. The van der Waals surface area contributed by atoms with Crippen molar-refractivity contribution in [3.05, 3.63) is 17.7 Å². The van der Waals surface area contributed by atoms with E-state index in [1.54, 1.807) is 0 Å². The van der Waals surface area contributed by atoms with Gasteiger partial charge in [0.25, 0.3) is 0 Å². The van der Waals surface area contributed by atoms with Crippen molar-refractivity contribution in [2.75, 3.05) is 19.8 Å². The molecule has 19 heavy (non-hydrogen) atoms. The molecule has 1 atom stereocenters. The van der Waals surface area contributed by atoms with Gasteiger partial charge in [-0.3, -0.25) is 4.79 Å². The maximum absolute atomic E-state index is 12.6. The van der Waals surface area contributed by atoms with Crippen molar-refractivity contribution in [2.45, 2.75) is 38.6 Å². The smallest absolute Gasteiger partial charge is 0.226 e. The molecule has 0 radical (unpaired) electrons. The number of hydrogen-bond acceptors (Lipinski definition) is 3. The number of hydrogen-bond donors (Lipinski definition) is 1. The molecule has 2 aliphatic heterocycles. The number of rotatable bonds is 2. The molecule has 1 aromatic rings. The zero-order chi connectivity index (χ0) is 13.2. The Bertz CT molecular complexity index is 451. The minimum Gasteiger partial charge on any atom is -0.381 e. The highest BCUT2D eigenvalue weighted by atomic mass is 16.5. The third-order valence-electron chi connectivity index (χ3n) is 4.14. The van der Waals surface area contributed by atoms with Crippen LogP contribution in [0.25, 0.3) is 0 Å². The second kappa shape index (κ2) is 5.33. The predicted molar refractivity (Wildman–Crippen MR) is 70.6 cm³/mol. The number of likely N-dealkylation sites (tertiary alicyclic amines) is 1. The average Bonchev–Trinajstić information content (AvgIpc) is 3.07. The number of amides is 1. The van der Waals surface area contributed by atoms with Gasteiger partial charge >= 0.3 is 0 Å². The van der Waals surface area contributed by atoms with E-state index in [1.165, 1.54) is 0 Å². The molecular weight excluding hydrogens is 242 g/mol. The lowest BCUT2D eigenvalue weighted by atomic mass is 9.98. The third kappa shape index (κ3) is 2.52. The Kier molecular flexibility index (Phi) is 3.55. The normalized spacial score (nSPS) is 24.9. The van der Waals surface area contributed by atoms with E-state index in [4.69, 9.17) is 4.74 Å². The topological polar surface area (TPSA) is 58.2 Å². The highest BCUT2D eigenvalue weighted by molar-refractivity contribution is 5.79. The van der Waals surface area contributed by atoms with Gasteiger partial charge in [0.15, 0.2) is 0 Å². The molecule has 3 rings (SSSR count). The van der Waals surface area contributed by atoms with E-state index in [2.05, 4.69) is 9.97 Å². The largest absolute Gasteiger partial charge is 0.381 e. The molecule has 0 aliphatic carbocycles. The van der Waals surface area contributed by atoms with Crippen LogP contribution in [-0.2, 0) is 9.53 Å². The molecule has 2 fully saturated rings. The molecule has 3 heterocycles. The first-order valence-corrected chi connectivity index (χ1v) is 7.15. The van der Waals surface area contributed by atoms with Crippen LogP contribution in [0.5, 0.6) is 0 Å². The molecule has 0 saturated carbocycles. The van der Waals surface area contributed by atoms with Crippen molar-refractivity contribution in [1.82, 2.24) is 14.9 Å². The molecule has 0 spiro atoms. The van der Waals surface area contributed by atoms with E-state index in [-0.39, 0.29) is 12.0 Å². The van der Waals surface area contributed by atoms with Crippen molar-refractivity contribution >= 4 is 5.91 Å². The lowest BCUT2D eigenvalue weighted by Crippen LogP contribution is -2.38. The second-order valence-corrected chi connectivity index (χ2v) is 5.53. The van der Waals surface area contributed by atoms with Crippen molar-refractivity contribution in [3.63, 3.8) is 0 Å². The number of imidazole rings is 1. The van der Waals surface area contributed by atoms with Crippen LogP contribution in [-0.4, -0.2) is 40.5 Å². The van der Waals surface area contributed by atoms with Crippen LogP contribution in [0, 0.1) is 12.8 Å². The number of nitrogens with zero attached hydrogens (tertiary/aromatic N) is 2. The first kappa shape index (κ1) is 12.7. The van der Waals surface area contributed by atoms with E-state index in [0.29, 0.717) is 5.91 Å². The van der Waals surface area contributed by atoms with Crippen LogP contribution in [0.1, 0.15) is 43.2 Å². The SMILES string of the molecule is Cc1cnc([C@@H]2CCCN2C(=O)C2CCOCC2)[nH]1. The summed E-state index contributed by atoms with van der Waals surface area (Å²) in [7, 11) is 0. The van der Waals surface area contributed by atoms with Gasteiger partial charge in [-0.15, -0.1) is 0 Å². The number of aromatic nitrogens is 2. The standard InChI is InChI=1S/C14H21N3O2/c1-10-9-15-13(16-10)12-3-2-6-17(12)14(18)11-4-7-19-8-5-11/h9,11-12H,2-8H2,1H3,(H,15,16)/t12-/m0/s1. The maximum atomic E-state index is 12.6. The molecule has 104 valence electrons. The Morgan fingerprint density at radius 3 is 2.89 bits per heavy atom. The Morgan fingerprint density at radius 1 is 1.42 bits per heavy atom. The van der Waals surface area contributed by atoms with Crippen LogP contribution in [0.4, 0.5) is 0 Å². The van der Waals surface area contributed by atoms with E-state index >= 15 is 0 Å². The summed E-state index contributed by atoms with van der Waals surface area (Å²) < 4.78 is 5.34. The molecule has 1 amide bonds. The fraction of sp³-hybridized carbons (Fsp3) is 0.714. The van der Waals surface area contributed by atoms with Gasteiger partial charge in [0.05, 0.1) is 6.04 Å². The van der Waals surface area contributed by atoms with Crippen LogP contribution in [0.2, 0.25) is 0 Å². The number of aromatic amines is 1. The molecule has 2 aliphatic rings. The fourth-order valence-electron chi connectivity index (χ4n) is 3.10. The highest BCUT2D eigenvalue weighted by Gasteiger charge is 2.35. The molecule has 1 aromatic heterocycles. The first-order valence-electron chi connectivity index (χ1n) is 7.15. The summed E-state index contributed by atoms with van der Waals surface area (Å²) in [6.07, 6.45) is 5.64. The van der Waals surface area contributed by atoms with Crippen LogP contribution in [0.3, 0.4) is 0 Å². The summed E-state index contributed by atoms with van der Waals surface area (Å²) in [6, 6.07) is 0.143. The molecule has 0 unspecified atom stereocenters. The zero-order valence-corrected chi connectivity index (χ0v) is 11.4. The van der Waals surface area contributed by atoms with E-state index in [1.807, 2.05) is 18.0 Å². The first-order chi connectivity index (χ1) is 9.25. The summed E-state index contributed by atoms with van der Waals surface area (Å²) in [6.45, 7) is 4.29. The Hall–Kier alpha value is -1.36. The summed E-state index contributed by atoms with van der Waals surface area (Å²) in [5.41, 5.74) is 1.06. The molecule has 2 saturated heterocycles. The van der Waals surface area contributed by atoms with Gasteiger partial charge in [-0.05, 0) is 32.6 Å². The number of H-pyrrole nitrogens is 1. The lowest BCUT2D eigenvalue weighted by Gasteiger charge is -2.29. The number of ether oxygens (including phenoxy) is 1. The molecule has 0 aromatic carbocycles. The van der Waals surface area contributed by atoms with Gasteiger partial charge in [0.1, 0.15) is 5.82 Å². The monoisotopic (exact) mass is 263 g/mol.